The fraction of sp³-hybridized carbons (Fsp3) is 0.0625. The van der Waals surface area contributed by atoms with Gasteiger partial charge in [-0.3, -0.25) is 9.97 Å². The van der Waals surface area contributed by atoms with Crippen LogP contribution in [0.5, 0.6) is 5.75 Å². The fourth-order valence-electron chi connectivity index (χ4n) is 4.97. The first-order valence-electron chi connectivity index (χ1n) is 12.1. The zero-order chi connectivity index (χ0) is 25.1. The minimum absolute atomic E-state index is 0. The molecule has 0 bridgehead atoms. The van der Waals surface area contributed by atoms with Crippen LogP contribution >= 0.6 is 22.7 Å². The van der Waals surface area contributed by atoms with E-state index in [4.69, 9.17) is 4.98 Å². The second kappa shape index (κ2) is 9.74. The average Bonchev–Trinajstić information content (AvgIpc) is 3.44. The number of aromatic nitrogens is 2. The number of aromatic hydroxyl groups is 1. The largest absolute Gasteiger partial charge is 0.506 e. The molecule has 0 atom stereocenters. The normalized spacial score (nSPS) is 11.3. The topological polar surface area (TPSA) is 46.0 Å². The van der Waals surface area contributed by atoms with Gasteiger partial charge in [-0.25, -0.2) is 0 Å². The van der Waals surface area contributed by atoms with Crippen molar-refractivity contribution in [1.82, 2.24) is 9.97 Å². The monoisotopic (exact) mass is 708 g/mol. The molecule has 188 valence electrons. The third-order valence-electron chi connectivity index (χ3n) is 6.96. The molecule has 38 heavy (non-hydrogen) atoms. The fourth-order valence-corrected chi connectivity index (χ4v) is 7.69. The number of thiophene rings is 2. The molecule has 4 aromatic heterocycles. The summed E-state index contributed by atoms with van der Waals surface area (Å²) < 4.78 is 2.17. The molecule has 0 aliphatic rings. The summed E-state index contributed by atoms with van der Waals surface area (Å²) in [5, 5.41) is 16.0. The SMILES string of the molecule is Cc1sc2sc3c(O)c(-c4nc(-c5[c-]c(-c6ccccn6)ccc5)cc5ccccc45)ccc3c2c1C.[Pt]. The molecule has 0 fully saturated rings. The number of phenols is 1. The van der Waals surface area contributed by atoms with Crippen LogP contribution in [0.1, 0.15) is 10.4 Å². The van der Waals surface area contributed by atoms with Gasteiger partial charge >= 0.3 is 0 Å². The van der Waals surface area contributed by atoms with Gasteiger partial charge in [0.1, 0.15) is 5.75 Å². The molecule has 6 heteroatoms. The molecule has 1 N–H and O–H groups in total. The summed E-state index contributed by atoms with van der Waals surface area (Å²) in [5.74, 6) is 0.295. The van der Waals surface area contributed by atoms with E-state index in [1.165, 1.54) is 19.8 Å². The molecule has 7 aromatic rings. The molecule has 4 heterocycles. The van der Waals surface area contributed by atoms with Crippen LogP contribution in [-0.2, 0) is 21.1 Å². The van der Waals surface area contributed by atoms with Gasteiger partial charge in [-0.1, -0.05) is 59.7 Å². The van der Waals surface area contributed by atoms with Gasteiger partial charge in [0, 0.05) is 65.2 Å². The quantitative estimate of drug-likeness (QED) is 0.186. The first-order chi connectivity index (χ1) is 18.1. The average molecular weight is 709 g/mol. The number of benzene rings is 3. The summed E-state index contributed by atoms with van der Waals surface area (Å²) >= 11 is 3.46. The summed E-state index contributed by atoms with van der Waals surface area (Å²) in [4.78, 5) is 10.9. The predicted octanol–water partition coefficient (Wildman–Crippen LogP) is 9.18. The molecule has 0 saturated heterocycles. The van der Waals surface area contributed by atoms with Crippen LogP contribution in [0.3, 0.4) is 0 Å². The summed E-state index contributed by atoms with van der Waals surface area (Å²) in [6, 6.07) is 29.9. The second-order valence-corrected chi connectivity index (χ2v) is 11.7. The maximum atomic E-state index is 11.6. The number of rotatable bonds is 3. The molecule has 7 rings (SSSR count). The summed E-state index contributed by atoms with van der Waals surface area (Å²) in [6.07, 6.45) is 1.79. The van der Waals surface area contributed by atoms with Crippen LogP contribution in [0, 0.1) is 19.9 Å². The molecule has 0 amide bonds. The smallest absolute Gasteiger partial charge is 0.142 e. The Morgan fingerprint density at radius 1 is 0.789 bits per heavy atom. The van der Waals surface area contributed by atoms with E-state index in [1.54, 1.807) is 28.9 Å². The van der Waals surface area contributed by atoms with Gasteiger partial charge in [0.15, 0.2) is 0 Å². The Hall–Kier alpha value is -3.37. The second-order valence-electron chi connectivity index (χ2n) is 9.16. The standard InChI is InChI=1S/C32H21N2OS2.Pt/c1-18-19(2)36-32-28(18)24-13-14-25(30(35)31(24)37-32)29-23-11-4-3-8-20(23)17-27(34-29)22-10-7-9-21(16-22)26-12-5-6-15-33-26;/h3-15,17,35H,1-2H3;/q-1;. The van der Waals surface area contributed by atoms with E-state index in [9.17, 15) is 5.11 Å². The Kier molecular flexibility index (Phi) is 6.39. The minimum Gasteiger partial charge on any atom is -0.506 e. The van der Waals surface area contributed by atoms with Crippen LogP contribution < -0.4 is 0 Å². The molecule has 3 nitrogen and oxygen atoms in total. The Morgan fingerprint density at radius 3 is 2.39 bits per heavy atom. The molecule has 0 aliphatic heterocycles. The van der Waals surface area contributed by atoms with Crippen molar-refractivity contribution in [3.8, 4) is 39.5 Å². The number of phenolic OH excluding ortho intramolecular Hbond substituents is 1. The number of nitrogens with zero attached hydrogens (tertiary/aromatic N) is 2. The van der Waals surface area contributed by atoms with Gasteiger partial charge in [-0.05, 0) is 36.9 Å². The van der Waals surface area contributed by atoms with Crippen LogP contribution in [0.25, 0.3) is 64.0 Å². The number of hydrogen-bond donors (Lipinski definition) is 1. The van der Waals surface area contributed by atoms with E-state index in [1.807, 2.05) is 54.6 Å². The van der Waals surface area contributed by atoms with E-state index >= 15 is 0 Å². The van der Waals surface area contributed by atoms with E-state index < -0.39 is 0 Å². The van der Waals surface area contributed by atoms with Gasteiger partial charge in [0.2, 0.25) is 0 Å². The van der Waals surface area contributed by atoms with E-state index in [0.717, 1.165) is 54.6 Å². The summed E-state index contributed by atoms with van der Waals surface area (Å²) in [7, 11) is 0. The van der Waals surface area contributed by atoms with Crippen molar-refractivity contribution in [2.75, 3.05) is 0 Å². The number of aryl methyl sites for hydroxylation is 2. The van der Waals surface area contributed by atoms with Crippen LogP contribution in [0.2, 0.25) is 0 Å². The molecule has 0 unspecified atom stereocenters. The Morgan fingerprint density at radius 2 is 1.58 bits per heavy atom. The summed E-state index contributed by atoms with van der Waals surface area (Å²) in [5.41, 5.74) is 6.30. The van der Waals surface area contributed by atoms with Crippen LogP contribution in [0.15, 0.2) is 85.1 Å². The minimum atomic E-state index is 0. The summed E-state index contributed by atoms with van der Waals surface area (Å²) in [6.45, 7) is 4.33. The predicted molar refractivity (Wildman–Crippen MR) is 157 cm³/mol. The zero-order valence-corrected chi connectivity index (χ0v) is 24.5. The molecule has 0 saturated carbocycles. The Labute approximate surface area is 242 Å². The van der Waals surface area contributed by atoms with E-state index in [2.05, 4.69) is 49.2 Å². The van der Waals surface area contributed by atoms with E-state index in [0.29, 0.717) is 5.75 Å². The van der Waals surface area contributed by atoms with Crippen LogP contribution in [0.4, 0.5) is 0 Å². The Bertz CT molecular complexity index is 1980. The van der Waals surface area contributed by atoms with Crippen molar-refractivity contribution in [2.45, 2.75) is 13.8 Å². The van der Waals surface area contributed by atoms with Gasteiger partial charge in [0.25, 0.3) is 0 Å². The molecule has 3 aromatic carbocycles. The number of pyridine rings is 2. The number of hydrogen-bond acceptors (Lipinski definition) is 5. The number of fused-ring (bicyclic) bond motifs is 4. The Balaban J connectivity index is 0.00000264. The van der Waals surface area contributed by atoms with Crippen LogP contribution in [-0.4, -0.2) is 15.1 Å². The first-order valence-corrected chi connectivity index (χ1v) is 13.7. The van der Waals surface area contributed by atoms with E-state index in [-0.39, 0.29) is 21.1 Å². The van der Waals surface area contributed by atoms with Crippen molar-refractivity contribution in [3.63, 3.8) is 0 Å². The molecule has 0 radical (unpaired) electrons. The molecular formula is C32H21N2OPtS2-. The third-order valence-corrected chi connectivity index (χ3v) is 9.46. The molecule has 0 aliphatic carbocycles. The first kappa shape index (κ1) is 24.9. The van der Waals surface area contributed by atoms with Crippen molar-refractivity contribution in [2.24, 2.45) is 0 Å². The molecular weight excluding hydrogens is 688 g/mol. The van der Waals surface area contributed by atoms with Crippen molar-refractivity contribution in [1.29, 1.82) is 0 Å². The maximum Gasteiger partial charge on any atom is 0.142 e. The van der Waals surface area contributed by atoms with Crippen molar-refractivity contribution >= 4 is 52.9 Å². The van der Waals surface area contributed by atoms with Crippen molar-refractivity contribution in [3.05, 3.63) is 102 Å². The van der Waals surface area contributed by atoms with Gasteiger partial charge in [-0.2, -0.15) is 0 Å². The van der Waals surface area contributed by atoms with Gasteiger partial charge in [-0.15, -0.1) is 46.9 Å². The van der Waals surface area contributed by atoms with Gasteiger partial charge in [0.05, 0.1) is 14.4 Å². The van der Waals surface area contributed by atoms with Gasteiger partial charge < -0.3 is 5.11 Å². The molecule has 0 spiro atoms. The van der Waals surface area contributed by atoms with Crippen molar-refractivity contribution < 1.29 is 26.2 Å². The maximum absolute atomic E-state index is 11.6. The third kappa shape index (κ3) is 3.97. The zero-order valence-electron chi connectivity index (χ0n) is 20.6.